The van der Waals surface area contributed by atoms with Gasteiger partial charge >= 0.3 is 0 Å². The number of aromatic nitrogens is 2. The fourth-order valence-electron chi connectivity index (χ4n) is 3.71. The van der Waals surface area contributed by atoms with Crippen LogP contribution in [-0.2, 0) is 6.42 Å². The van der Waals surface area contributed by atoms with Crippen molar-refractivity contribution in [1.29, 1.82) is 0 Å². The van der Waals surface area contributed by atoms with E-state index >= 15 is 0 Å². The van der Waals surface area contributed by atoms with Gasteiger partial charge in [-0.05, 0) is 66.0 Å². The first kappa shape index (κ1) is 19.5. The van der Waals surface area contributed by atoms with Gasteiger partial charge < -0.3 is 0 Å². The molecule has 0 aliphatic heterocycles. The number of benzene rings is 1. The normalized spacial score (nSPS) is 11.8. The Labute approximate surface area is 166 Å². The summed E-state index contributed by atoms with van der Waals surface area (Å²) in [5.41, 5.74) is 9.60. The number of hydrogen-bond acceptors (Lipinski definition) is 3. The molecule has 2 aromatic heterocycles. The Bertz CT molecular complexity index is 1030. The standard InChI is InChI=1S/C24H28N2S/c1-9-14(2)20-23-21(26-13-25-20)17(5)22(27-23)19-15(3)10-18(11-16(19)4)12-24(6,7)8/h9-11,13H,1-2,12H2,3-8H3. The zero-order chi connectivity index (χ0) is 19.9. The van der Waals surface area contributed by atoms with Crippen LogP contribution in [0.1, 0.15) is 48.7 Å². The molecular weight excluding hydrogens is 348 g/mol. The zero-order valence-corrected chi connectivity index (χ0v) is 18.0. The van der Waals surface area contributed by atoms with Crippen LogP contribution in [0.15, 0.2) is 37.7 Å². The number of allylic oxidation sites excluding steroid dienone is 2. The number of hydrogen-bond donors (Lipinski definition) is 0. The number of fused-ring (bicyclic) bond motifs is 1. The van der Waals surface area contributed by atoms with E-state index in [-0.39, 0.29) is 5.41 Å². The first-order chi connectivity index (χ1) is 12.6. The third kappa shape index (κ3) is 3.74. The minimum atomic E-state index is 0.281. The van der Waals surface area contributed by atoms with Gasteiger partial charge in [-0.25, -0.2) is 9.97 Å². The monoisotopic (exact) mass is 376 g/mol. The van der Waals surface area contributed by atoms with Gasteiger partial charge in [0.2, 0.25) is 0 Å². The van der Waals surface area contributed by atoms with E-state index in [2.05, 4.69) is 76.8 Å². The van der Waals surface area contributed by atoms with Gasteiger partial charge in [0, 0.05) is 4.88 Å². The maximum Gasteiger partial charge on any atom is 0.116 e. The molecule has 140 valence electrons. The van der Waals surface area contributed by atoms with Crippen LogP contribution in [-0.4, -0.2) is 9.97 Å². The Kier molecular flexibility index (Phi) is 5.09. The second-order valence-electron chi connectivity index (χ2n) is 8.53. The number of thiophene rings is 1. The van der Waals surface area contributed by atoms with E-state index in [0.29, 0.717) is 0 Å². The lowest BCUT2D eigenvalue weighted by Gasteiger charge is -2.20. The topological polar surface area (TPSA) is 25.8 Å². The average Bonchev–Trinajstić information content (AvgIpc) is 2.89. The van der Waals surface area contributed by atoms with E-state index in [1.54, 1.807) is 23.7 Å². The van der Waals surface area contributed by atoms with E-state index in [1.807, 2.05) is 0 Å². The molecule has 3 aromatic rings. The van der Waals surface area contributed by atoms with E-state index < -0.39 is 0 Å². The molecule has 0 fully saturated rings. The summed E-state index contributed by atoms with van der Waals surface area (Å²) in [6.45, 7) is 21.4. The van der Waals surface area contributed by atoms with Crippen molar-refractivity contribution in [2.24, 2.45) is 5.41 Å². The summed E-state index contributed by atoms with van der Waals surface area (Å²) in [4.78, 5) is 10.3. The Morgan fingerprint density at radius 1 is 1.11 bits per heavy atom. The molecule has 0 bridgehead atoms. The predicted octanol–water partition coefficient (Wildman–Crippen LogP) is 7.07. The summed E-state index contributed by atoms with van der Waals surface area (Å²) < 4.78 is 1.09. The Balaban J connectivity index is 2.20. The molecular formula is C24H28N2S. The smallest absolute Gasteiger partial charge is 0.116 e. The van der Waals surface area contributed by atoms with Gasteiger partial charge in [0.25, 0.3) is 0 Å². The highest BCUT2D eigenvalue weighted by Gasteiger charge is 2.20. The van der Waals surface area contributed by atoms with Crippen molar-refractivity contribution in [3.8, 4) is 10.4 Å². The molecule has 0 spiro atoms. The van der Waals surface area contributed by atoms with Crippen LogP contribution in [0.25, 0.3) is 26.2 Å². The summed E-state index contributed by atoms with van der Waals surface area (Å²) in [6.07, 6.45) is 4.46. The summed E-state index contributed by atoms with van der Waals surface area (Å²) in [5, 5.41) is 0. The molecule has 0 saturated carbocycles. The van der Waals surface area contributed by atoms with Crippen LogP contribution >= 0.6 is 11.3 Å². The van der Waals surface area contributed by atoms with Gasteiger partial charge in [-0.15, -0.1) is 11.3 Å². The van der Waals surface area contributed by atoms with Gasteiger partial charge in [-0.2, -0.15) is 0 Å². The lowest BCUT2D eigenvalue weighted by molar-refractivity contribution is 0.411. The molecule has 0 aliphatic carbocycles. The highest BCUT2D eigenvalue weighted by molar-refractivity contribution is 7.22. The van der Waals surface area contributed by atoms with Crippen LogP contribution in [0, 0.1) is 26.2 Å². The van der Waals surface area contributed by atoms with Crippen LogP contribution < -0.4 is 0 Å². The van der Waals surface area contributed by atoms with Crippen molar-refractivity contribution >= 4 is 27.1 Å². The Morgan fingerprint density at radius 3 is 2.30 bits per heavy atom. The molecule has 1 aromatic carbocycles. The average molecular weight is 377 g/mol. The van der Waals surface area contributed by atoms with Gasteiger partial charge in [0.15, 0.2) is 0 Å². The highest BCUT2D eigenvalue weighted by atomic mass is 32.1. The van der Waals surface area contributed by atoms with Crippen LogP contribution in [0.2, 0.25) is 0 Å². The fraction of sp³-hybridized carbons (Fsp3) is 0.333. The SMILES string of the molecule is C=CC(=C)c1ncnc2c(C)c(-c3c(C)cc(CC(C)(C)C)cc3C)sc12. The number of aryl methyl sites for hydroxylation is 3. The molecule has 0 aliphatic rings. The van der Waals surface area contributed by atoms with Crippen molar-refractivity contribution in [1.82, 2.24) is 9.97 Å². The molecule has 0 radical (unpaired) electrons. The summed E-state index contributed by atoms with van der Waals surface area (Å²) in [7, 11) is 0. The molecule has 0 N–H and O–H groups in total. The first-order valence-electron chi connectivity index (χ1n) is 9.28. The third-order valence-corrected chi connectivity index (χ3v) is 6.11. The second-order valence-corrected chi connectivity index (χ2v) is 9.55. The molecule has 0 atom stereocenters. The number of nitrogens with zero attached hydrogens (tertiary/aromatic N) is 2. The largest absolute Gasteiger partial charge is 0.235 e. The third-order valence-electron chi connectivity index (χ3n) is 4.81. The molecule has 0 saturated heterocycles. The Morgan fingerprint density at radius 2 is 1.74 bits per heavy atom. The summed E-state index contributed by atoms with van der Waals surface area (Å²) in [6, 6.07) is 4.68. The van der Waals surface area contributed by atoms with Crippen molar-refractivity contribution in [3.63, 3.8) is 0 Å². The maximum absolute atomic E-state index is 4.55. The van der Waals surface area contributed by atoms with Crippen LogP contribution in [0.5, 0.6) is 0 Å². The van der Waals surface area contributed by atoms with Gasteiger partial charge in [0.05, 0.1) is 15.9 Å². The molecule has 0 unspecified atom stereocenters. The summed E-state index contributed by atoms with van der Waals surface area (Å²) >= 11 is 1.76. The first-order valence-corrected chi connectivity index (χ1v) is 10.1. The van der Waals surface area contributed by atoms with Crippen molar-refractivity contribution in [3.05, 3.63) is 65.6 Å². The van der Waals surface area contributed by atoms with Crippen LogP contribution in [0.4, 0.5) is 0 Å². The highest BCUT2D eigenvalue weighted by Crippen LogP contribution is 2.42. The van der Waals surface area contributed by atoms with Gasteiger partial charge in [0.1, 0.15) is 6.33 Å². The quantitative estimate of drug-likeness (QED) is 0.455. The van der Waals surface area contributed by atoms with Gasteiger partial charge in [-0.1, -0.05) is 52.1 Å². The molecule has 2 nitrogen and oxygen atoms in total. The van der Waals surface area contributed by atoms with E-state index in [1.165, 1.54) is 32.7 Å². The van der Waals surface area contributed by atoms with E-state index in [9.17, 15) is 0 Å². The fourth-order valence-corrected chi connectivity index (χ4v) is 5.17. The lowest BCUT2D eigenvalue weighted by Crippen LogP contribution is -2.09. The van der Waals surface area contributed by atoms with E-state index in [0.717, 1.165) is 27.9 Å². The molecule has 2 heterocycles. The number of rotatable bonds is 4. The minimum Gasteiger partial charge on any atom is -0.235 e. The molecule has 27 heavy (non-hydrogen) atoms. The maximum atomic E-state index is 4.55. The van der Waals surface area contributed by atoms with E-state index in [4.69, 9.17) is 0 Å². The zero-order valence-electron chi connectivity index (χ0n) is 17.2. The predicted molar refractivity (Wildman–Crippen MR) is 119 cm³/mol. The van der Waals surface area contributed by atoms with Crippen molar-refractivity contribution in [2.45, 2.75) is 48.0 Å². The molecule has 3 rings (SSSR count). The van der Waals surface area contributed by atoms with Gasteiger partial charge in [-0.3, -0.25) is 0 Å². The Hall–Kier alpha value is -2.26. The second kappa shape index (κ2) is 7.05. The molecule has 3 heteroatoms. The minimum absolute atomic E-state index is 0.281. The summed E-state index contributed by atoms with van der Waals surface area (Å²) in [5.74, 6) is 0. The van der Waals surface area contributed by atoms with Crippen molar-refractivity contribution in [2.75, 3.05) is 0 Å². The van der Waals surface area contributed by atoms with Crippen molar-refractivity contribution < 1.29 is 0 Å². The lowest BCUT2D eigenvalue weighted by atomic mass is 9.85. The van der Waals surface area contributed by atoms with Crippen LogP contribution in [0.3, 0.4) is 0 Å². The molecule has 0 amide bonds.